The van der Waals surface area contributed by atoms with Crippen molar-refractivity contribution >= 4 is 0 Å². The van der Waals surface area contributed by atoms with Gasteiger partial charge in [0.05, 0.1) is 6.54 Å². The molecule has 1 aliphatic heterocycles. The molecular weight excluding hydrogens is 214 g/mol. The first-order valence-corrected chi connectivity index (χ1v) is 6.59. The van der Waals surface area contributed by atoms with E-state index in [2.05, 4.69) is 27.2 Å². The topological polar surface area (TPSA) is 46.0 Å². The quantitative estimate of drug-likeness (QED) is 0.822. The van der Waals surface area contributed by atoms with E-state index >= 15 is 0 Å². The molecule has 0 saturated carbocycles. The second-order valence-corrected chi connectivity index (χ2v) is 4.77. The molecule has 0 spiro atoms. The summed E-state index contributed by atoms with van der Waals surface area (Å²) in [7, 11) is 1.96. The Morgan fingerprint density at radius 2 is 2.47 bits per heavy atom. The average molecular weight is 237 g/mol. The third kappa shape index (κ3) is 3.26. The van der Waals surface area contributed by atoms with Gasteiger partial charge in [-0.25, -0.2) is 4.98 Å². The molecule has 5 nitrogen and oxygen atoms in total. The molecule has 1 fully saturated rings. The predicted molar refractivity (Wildman–Crippen MR) is 67.6 cm³/mol. The summed E-state index contributed by atoms with van der Waals surface area (Å²) in [6.07, 6.45) is 5.40. The van der Waals surface area contributed by atoms with Crippen molar-refractivity contribution in [3.8, 4) is 0 Å². The smallest absolute Gasteiger partial charge is 0.140 e. The van der Waals surface area contributed by atoms with E-state index in [4.69, 9.17) is 0 Å². The van der Waals surface area contributed by atoms with Crippen molar-refractivity contribution in [2.24, 2.45) is 7.05 Å². The molecule has 2 rings (SSSR count). The van der Waals surface area contributed by atoms with Gasteiger partial charge in [0.25, 0.3) is 0 Å². The SMILES string of the molecule is CCCN(Cc1ncnn1C)C1CCCNC1. The highest BCUT2D eigenvalue weighted by atomic mass is 15.3. The Morgan fingerprint density at radius 1 is 1.59 bits per heavy atom. The summed E-state index contributed by atoms with van der Waals surface area (Å²) in [6, 6.07) is 0.653. The van der Waals surface area contributed by atoms with Gasteiger partial charge in [-0.15, -0.1) is 0 Å². The van der Waals surface area contributed by atoms with Crippen LogP contribution in [0.2, 0.25) is 0 Å². The van der Waals surface area contributed by atoms with Gasteiger partial charge < -0.3 is 5.32 Å². The van der Waals surface area contributed by atoms with Crippen LogP contribution in [0.3, 0.4) is 0 Å². The van der Waals surface area contributed by atoms with E-state index in [1.807, 2.05) is 11.7 Å². The fourth-order valence-electron chi connectivity index (χ4n) is 2.47. The zero-order chi connectivity index (χ0) is 12.1. The maximum absolute atomic E-state index is 4.32. The van der Waals surface area contributed by atoms with E-state index in [0.29, 0.717) is 6.04 Å². The van der Waals surface area contributed by atoms with E-state index in [9.17, 15) is 0 Å². The number of aromatic nitrogens is 3. The third-order valence-corrected chi connectivity index (χ3v) is 3.45. The van der Waals surface area contributed by atoms with Crippen LogP contribution in [-0.4, -0.2) is 45.3 Å². The number of rotatable bonds is 5. The largest absolute Gasteiger partial charge is 0.315 e. The first kappa shape index (κ1) is 12.5. The van der Waals surface area contributed by atoms with Gasteiger partial charge in [-0.1, -0.05) is 6.92 Å². The molecule has 0 bridgehead atoms. The highest BCUT2D eigenvalue weighted by molar-refractivity contribution is 4.87. The molecule has 2 heterocycles. The first-order valence-electron chi connectivity index (χ1n) is 6.59. The number of piperidine rings is 1. The van der Waals surface area contributed by atoms with Crippen LogP contribution in [0.25, 0.3) is 0 Å². The van der Waals surface area contributed by atoms with E-state index in [0.717, 1.165) is 25.5 Å². The number of nitrogens with one attached hydrogen (secondary N) is 1. The number of nitrogens with zero attached hydrogens (tertiary/aromatic N) is 4. The van der Waals surface area contributed by atoms with Gasteiger partial charge in [-0.2, -0.15) is 5.10 Å². The monoisotopic (exact) mass is 237 g/mol. The summed E-state index contributed by atoms with van der Waals surface area (Å²) >= 11 is 0. The fourth-order valence-corrected chi connectivity index (χ4v) is 2.47. The highest BCUT2D eigenvalue weighted by Crippen LogP contribution is 2.13. The Labute approximate surface area is 103 Å². The van der Waals surface area contributed by atoms with E-state index in [1.165, 1.54) is 25.8 Å². The second-order valence-electron chi connectivity index (χ2n) is 4.77. The molecule has 0 aromatic carbocycles. The van der Waals surface area contributed by atoms with Crippen LogP contribution in [0, 0.1) is 0 Å². The van der Waals surface area contributed by atoms with Gasteiger partial charge in [-0.05, 0) is 32.4 Å². The average Bonchev–Trinajstić information content (AvgIpc) is 2.76. The molecule has 1 saturated heterocycles. The minimum absolute atomic E-state index is 0.653. The molecule has 17 heavy (non-hydrogen) atoms. The number of hydrogen-bond acceptors (Lipinski definition) is 4. The van der Waals surface area contributed by atoms with Crippen molar-refractivity contribution in [2.45, 2.75) is 38.8 Å². The van der Waals surface area contributed by atoms with Crippen LogP contribution < -0.4 is 5.32 Å². The molecule has 5 heteroatoms. The Morgan fingerprint density at radius 3 is 3.06 bits per heavy atom. The first-order chi connectivity index (χ1) is 8.31. The molecule has 1 aromatic heterocycles. The lowest BCUT2D eigenvalue weighted by Crippen LogP contribution is -2.46. The van der Waals surface area contributed by atoms with Crippen molar-refractivity contribution in [2.75, 3.05) is 19.6 Å². The van der Waals surface area contributed by atoms with Crippen LogP contribution in [-0.2, 0) is 13.6 Å². The van der Waals surface area contributed by atoms with Gasteiger partial charge in [0, 0.05) is 19.6 Å². The van der Waals surface area contributed by atoms with Gasteiger partial charge in [0.15, 0.2) is 0 Å². The Hall–Kier alpha value is -0.940. The summed E-state index contributed by atoms with van der Waals surface area (Å²) in [6.45, 7) is 6.56. The maximum atomic E-state index is 4.32. The minimum Gasteiger partial charge on any atom is -0.315 e. The molecule has 1 N–H and O–H groups in total. The van der Waals surface area contributed by atoms with Gasteiger partial charge in [-0.3, -0.25) is 9.58 Å². The molecule has 0 radical (unpaired) electrons. The Balaban J connectivity index is 1.98. The van der Waals surface area contributed by atoms with E-state index < -0.39 is 0 Å². The minimum atomic E-state index is 0.653. The van der Waals surface area contributed by atoms with Crippen molar-refractivity contribution in [3.05, 3.63) is 12.2 Å². The van der Waals surface area contributed by atoms with Crippen LogP contribution in [0.4, 0.5) is 0 Å². The second kappa shape index (κ2) is 6.12. The van der Waals surface area contributed by atoms with Crippen molar-refractivity contribution in [1.29, 1.82) is 0 Å². The maximum Gasteiger partial charge on any atom is 0.140 e. The lowest BCUT2D eigenvalue weighted by atomic mass is 10.1. The zero-order valence-corrected chi connectivity index (χ0v) is 10.9. The van der Waals surface area contributed by atoms with Crippen molar-refractivity contribution < 1.29 is 0 Å². The number of aryl methyl sites for hydroxylation is 1. The third-order valence-electron chi connectivity index (χ3n) is 3.45. The van der Waals surface area contributed by atoms with Gasteiger partial charge in [0.1, 0.15) is 12.2 Å². The predicted octanol–water partition coefficient (Wildman–Crippen LogP) is 0.779. The highest BCUT2D eigenvalue weighted by Gasteiger charge is 2.21. The molecule has 1 aromatic rings. The molecule has 1 aliphatic rings. The van der Waals surface area contributed by atoms with Gasteiger partial charge in [0.2, 0.25) is 0 Å². The summed E-state index contributed by atoms with van der Waals surface area (Å²) < 4.78 is 1.87. The summed E-state index contributed by atoms with van der Waals surface area (Å²) in [5, 5.41) is 7.62. The van der Waals surface area contributed by atoms with E-state index in [1.54, 1.807) is 6.33 Å². The zero-order valence-electron chi connectivity index (χ0n) is 10.9. The lowest BCUT2D eigenvalue weighted by molar-refractivity contribution is 0.152. The van der Waals surface area contributed by atoms with E-state index in [-0.39, 0.29) is 0 Å². The normalized spacial score (nSPS) is 21.0. The summed E-state index contributed by atoms with van der Waals surface area (Å²) in [5.41, 5.74) is 0. The van der Waals surface area contributed by atoms with Crippen LogP contribution in [0.5, 0.6) is 0 Å². The lowest BCUT2D eigenvalue weighted by Gasteiger charge is -2.34. The van der Waals surface area contributed by atoms with Crippen molar-refractivity contribution in [1.82, 2.24) is 25.0 Å². The molecule has 1 unspecified atom stereocenters. The molecule has 96 valence electrons. The Kier molecular flexibility index (Phi) is 4.50. The van der Waals surface area contributed by atoms with Crippen LogP contribution in [0.15, 0.2) is 6.33 Å². The molecule has 0 aliphatic carbocycles. The van der Waals surface area contributed by atoms with Crippen LogP contribution in [0.1, 0.15) is 32.0 Å². The van der Waals surface area contributed by atoms with Gasteiger partial charge >= 0.3 is 0 Å². The van der Waals surface area contributed by atoms with Crippen LogP contribution >= 0.6 is 0 Å². The standard InChI is InChI=1S/C12H23N5/c1-3-7-17(11-5-4-6-13-8-11)9-12-14-10-15-16(12)2/h10-11,13H,3-9H2,1-2H3. The summed E-state index contributed by atoms with van der Waals surface area (Å²) in [5.74, 6) is 1.06. The molecule has 0 amide bonds. The fraction of sp³-hybridized carbons (Fsp3) is 0.833. The van der Waals surface area contributed by atoms with Crippen molar-refractivity contribution in [3.63, 3.8) is 0 Å². The molecular formula is C12H23N5. The molecule has 1 atom stereocenters. The Bertz CT molecular complexity index is 329. The summed E-state index contributed by atoms with van der Waals surface area (Å²) in [4.78, 5) is 6.86. The number of hydrogen-bond donors (Lipinski definition) is 1.